The van der Waals surface area contributed by atoms with Gasteiger partial charge in [0.25, 0.3) is 0 Å². The average molecular weight is 392 g/mol. The number of aliphatic hydroxyl groups is 5. The quantitative estimate of drug-likeness (QED) is 0.191. The molecular weight excluding hydrogens is 350 g/mol. The van der Waals surface area contributed by atoms with Crippen molar-refractivity contribution in [3.63, 3.8) is 0 Å². The molecule has 2 unspecified atom stereocenters. The van der Waals surface area contributed by atoms with Gasteiger partial charge in [-0.05, 0) is 19.3 Å². The zero-order chi connectivity index (χ0) is 20.7. The van der Waals surface area contributed by atoms with Crippen molar-refractivity contribution < 1.29 is 30.3 Å². The van der Waals surface area contributed by atoms with Crippen LogP contribution in [0.5, 0.6) is 0 Å². The first-order valence-corrected chi connectivity index (χ1v) is 10.5. The molecule has 0 aromatic heterocycles. The molecule has 0 spiro atoms. The van der Waals surface area contributed by atoms with Crippen LogP contribution in [0.3, 0.4) is 0 Å². The van der Waals surface area contributed by atoms with Crippen molar-refractivity contribution in [1.82, 2.24) is 0 Å². The number of hydrogen-bond acceptors (Lipinski definition) is 7. The van der Waals surface area contributed by atoms with Gasteiger partial charge in [-0.1, -0.05) is 64.7 Å². The second-order valence-corrected chi connectivity index (χ2v) is 7.54. The second-order valence-electron chi connectivity index (χ2n) is 7.54. The van der Waals surface area contributed by atoms with Gasteiger partial charge in [0.15, 0.2) is 5.78 Å². The molecule has 5 atom stereocenters. The number of nitrogens with two attached hydrogens (primary N) is 1. The molecule has 0 fully saturated rings. The summed E-state index contributed by atoms with van der Waals surface area (Å²) in [6.45, 7) is 1.44. The Balaban J connectivity index is 3.81. The highest BCUT2D eigenvalue weighted by molar-refractivity contribution is 5.88. The Morgan fingerprint density at radius 1 is 0.778 bits per heavy atom. The zero-order valence-electron chi connectivity index (χ0n) is 16.8. The maximum atomic E-state index is 11.8. The van der Waals surface area contributed by atoms with Crippen molar-refractivity contribution in [2.75, 3.05) is 6.61 Å². The molecule has 0 rings (SSSR count). The van der Waals surface area contributed by atoms with Crippen LogP contribution in [0.1, 0.15) is 84.0 Å². The number of aliphatic hydroxyl groups excluding tert-OH is 5. The standard InChI is InChI=1S/C20H41NO6/c1-2-3-4-5-6-7-8-9-10-11-15(23)12-13-16(24)18(21)20(27)19(26)17(25)14-22/h15-19,22-26H,2-14,21H2,1H3/t15?,16?,17-,18+,19-/m1/s1. The molecule has 0 heterocycles. The van der Waals surface area contributed by atoms with Crippen molar-refractivity contribution in [2.24, 2.45) is 5.73 Å². The third-order valence-corrected chi connectivity index (χ3v) is 5.02. The monoisotopic (exact) mass is 391 g/mol. The fourth-order valence-electron chi connectivity index (χ4n) is 3.05. The topological polar surface area (TPSA) is 144 Å². The van der Waals surface area contributed by atoms with Crippen LogP contribution in [-0.4, -0.2) is 68.4 Å². The maximum absolute atomic E-state index is 11.8. The van der Waals surface area contributed by atoms with E-state index in [1.165, 1.54) is 44.9 Å². The Kier molecular flexibility index (Phi) is 16.0. The van der Waals surface area contributed by atoms with E-state index in [0.717, 1.165) is 12.8 Å². The summed E-state index contributed by atoms with van der Waals surface area (Å²) in [5, 5.41) is 47.5. The average Bonchev–Trinajstić information content (AvgIpc) is 2.68. The molecule has 0 saturated carbocycles. The Morgan fingerprint density at radius 3 is 1.81 bits per heavy atom. The third kappa shape index (κ3) is 12.5. The summed E-state index contributed by atoms with van der Waals surface area (Å²) in [6.07, 6.45) is 6.77. The molecule has 162 valence electrons. The van der Waals surface area contributed by atoms with Gasteiger partial charge in [0.05, 0.1) is 24.9 Å². The molecule has 0 aromatic rings. The molecule has 7 N–H and O–H groups in total. The van der Waals surface area contributed by atoms with Gasteiger partial charge in [-0.3, -0.25) is 4.79 Å². The highest BCUT2D eigenvalue weighted by Gasteiger charge is 2.32. The smallest absolute Gasteiger partial charge is 0.183 e. The SMILES string of the molecule is CCCCCCCCCCCC(O)CCC(O)[C@H](N)C(=O)[C@H](O)[C@H](O)CO. The van der Waals surface area contributed by atoms with Crippen LogP contribution in [0, 0.1) is 0 Å². The van der Waals surface area contributed by atoms with Crippen LogP contribution in [0.25, 0.3) is 0 Å². The van der Waals surface area contributed by atoms with E-state index in [4.69, 9.17) is 10.8 Å². The minimum absolute atomic E-state index is 0.132. The van der Waals surface area contributed by atoms with Gasteiger partial charge in [0.1, 0.15) is 12.2 Å². The summed E-state index contributed by atoms with van der Waals surface area (Å²) in [6, 6.07) is -1.36. The van der Waals surface area contributed by atoms with Gasteiger partial charge in [0, 0.05) is 0 Å². The molecule has 7 nitrogen and oxygen atoms in total. The molecule has 0 radical (unpaired) electrons. The number of carbonyl (C=O) groups is 1. The molecule has 0 aromatic carbocycles. The number of ketones is 1. The van der Waals surface area contributed by atoms with E-state index in [1.807, 2.05) is 0 Å². The number of Topliss-reactive ketones (excluding diaryl/α,β-unsaturated/α-hetero) is 1. The summed E-state index contributed by atoms with van der Waals surface area (Å²) in [4.78, 5) is 11.8. The number of rotatable bonds is 18. The lowest BCUT2D eigenvalue weighted by Gasteiger charge is -2.23. The van der Waals surface area contributed by atoms with Crippen molar-refractivity contribution in [1.29, 1.82) is 0 Å². The van der Waals surface area contributed by atoms with Crippen LogP contribution in [-0.2, 0) is 4.79 Å². The van der Waals surface area contributed by atoms with Gasteiger partial charge in [0.2, 0.25) is 0 Å². The molecule has 0 aliphatic carbocycles. The summed E-state index contributed by atoms with van der Waals surface area (Å²) in [5.41, 5.74) is 5.60. The maximum Gasteiger partial charge on any atom is 0.183 e. The van der Waals surface area contributed by atoms with Crippen molar-refractivity contribution in [2.45, 2.75) is 114 Å². The van der Waals surface area contributed by atoms with Crippen LogP contribution >= 0.6 is 0 Å². The first-order chi connectivity index (χ1) is 12.8. The molecule has 0 aliphatic rings. The van der Waals surface area contributed by atoms with E-state index in [1.54, 1.807) is 0 Å². The van der Waals surface area contributed by atoms with E-state index >= 15 is 0 Å². The zero-order valence-corrected chi connectivity index (χ0v) is 16.8. The Bertz CT molecular complexity index is 368. The van der Waals surface area contributed by atoms with E-state index in [9.17, 15) is 25.2 Å². The van der Waals surface area contributed by atoms with Crippen LogP contribution < -0.4 is 5.73 Å². The van der Waals surface area contributed by atoms with Crippen molar-refractivity contribution in [3.05, 3.63) is 0 Å². The third-order valence-electron chi connectivity index (χ3n) is 5.02. The van der Waals surface area contributed by atoms with E-state index in [0.29, 0.717) is 12.8 Å². The molecule has 7 heteroatoms. The van der Waals surface area contributed by atoms with Crippen LogP contribution in [0.2, 0.25) is 0 Å². The molecule has 0 amide bonds. The van der Waals surface area contributed by atoms with E-state index in [-0.39, 0.29) is 6.42 Å². The van der Waals surface area contributed by atoms with Crippen LogP contribution in [0.15, 0.2) is 0 Å². The van der Waals surface area contributed by atoms with E-state index < -0.39 is 42.8 Å². The summed E-state index contributed by atoms with van der Waals surface area (Å²) in [7, 11) is 0. The highest BCUT2D eigenvalue weighted by atomic mass is 16.4. The number of hydrogen-bond donors (Lipinski definition) is 6. The van der Waals surface area contributed by atoms with Crippen molar-refractivity contribution >= 4 is 5.78 Å². The second kappa shape index (κ2) is 16.4. The summed E-state index contributed by atoms with van der Waals surface area (Å²) in [5.74, 6) is -0.919. The first kappa shape index (κ1) is 26.4. The van der Waals surface area contributed by atoms with Gasteiger partial charge >= 0.3 is 0 Å². The van der Waals surface area contributed by atoms with Gasteiger partial charge in [-0.15, -0.1) is 0 Å². The lowest BCUT2D eigenvalue weighted by Crippen LogP contribution is -2.51. The molecule has 0 bridgehead atoms. The minimum atomic E-state index is -1.83. The Labute approximate surface area is 163 Å². The van der Waals surface area contributed by atoms with Gasteiger partial charge in [-0.25, -0.2) is 0 Å². The normalized spacial score (nSPS) is 17.3. The predicted molar refractivity (Wildman–Crippen MR) is 105 cm³/mol. The van der Waals surface area contributed by atoms with E-state index in [2.05, 4.69) is 6.92 Å². The number of carbonyl (C=O) groups excluding carboxylic acids is 1. The predicted octanol–water partition coefficient (Wildman–Crippen LogP) is 1.02. The lowest BCUT2D eigenvalue weighted by molar-refractivity contribution is -0.138. The molecular formula is C20H41NO6. The largest absolute Gasteiger partial charge is 0.394 e. The van der Waals surface area contributed by atoms with Crippen molar-refractivity contribution in [3.8, 4) is 0 Å². The highest BCUT2D eigenvalue weighted by Crippen LogP contribution is 2.14. The molecule has 0 aliphatic heterocycles. The van der Waals surface area contributed by atoms with Gasteiger partial charge < -0.3 is 31.3 Å². The molecule has 0 saturated heterocycles. The van der Waals surface area contributed by atoms with Gasteiger partial charge in [-0.2, -0.15) is 0 Å². The number of unbranched alkanes of at least 4 members (excludes halogenated alkanes) is 8. The van der Waals surface area contributed by atoms with Crippen LogP contribution in [0.4, 0.5) is 0 Å². The first-order valence-electron chi connectivity index (χ1n) is 10.5. The lowest BCUT2D eigenvalue weighted by atomic mass is 9.95. The Hall–Kier alpha value is -0.570. The summed E-state index contributed by atoms with van der Waals surface area (Å²) < 4.78 is 0. The summed E-state index contributed by atoms with van der Waals surface area (Å²) >= 11 is 0. The molecule has 27 heavy (non-hydrogen) atoms. The Morgan fingerprint density at radius 2 is 1.30 bits per heavy atom. The fourth-order valence-corrected chi connectivity index (χ4v) is 3.05. The minimum Gasteiger partial charge on any atom is -0.394 e. The fraction of sp³-hybridized carbons (Fsp3) is 0.950.